The number of carbonyl (C=O) groups is 1. The molecule has 4 nitrogen and oxygen atoms in total. The monoisotopic (exact) mass is 306 g/mol. The second-order valence-electron chi connectivity index (χ2n) is 5.12. The maximum Gasteiger partial charge on any atom is 0.289 e. The summed E-state index contributed by atoms with van der Waals surface area (Å²) in [6, 6.07) is 13.1. The van der Waals surface area contributed by atoms with Crippen LogP contribution in [0.25, 0.3) is 0 Å². The van der Waals surface area contributed by atoms with E-state index in [0.717, 1.165) is 12.1 Å². The zero-order valence-corrected chi connectivity index (χ0v) is 13.0. The zero-order chi connectivity index (χ0) is 15.2. The molecule has 5 heteroatoms. The number of hydrogen-bond donors (Lipinski definition) is 0. The van der Waals surface area contributed by atoms with Gasteiger partial charge in [-0.15, -0.1) is 0 Å². The lowest BCUT2D eigenvalue weighted by atomic mass is 10.2. The molecule has 2 rings (SSSR count). The van der Waals surface area contributed by atoms with Gasteiger partial charge >= 0.3 is 0 Å². The highest BCUT2D eigenvalue weighted by Gasteiger charge is 2.19. The minimum Gasteiger partial charge on any atom is -0.440 e. The van der Waals surface area contributed by atoms with Gasteiger partial charge in [-0.05, 0) is 43.4 Å². The third kappa shape index (κ3) is 4.62. The van der Waals surface area contributed by atoms with Crippen LogP contribution in [0, 0.1) is 0 Å². The van der Waals surface area contributed by atoms with E-state index in [2.05, 4.69) is 0 Å². The summed E-state index contributed by atoms with van der Waals surface area (Å²) in [6.07, 6.45) is 0. The number of hydrogen-bond acceptors (Lipinski definition) is 3. The molecule has 0 N–H and O–H groups in total. The van der Waals surface area contributed by atoms with Gasteiger partial charge in [-0.1, -0.05) is 30.3 Å². The maximum absolute atomic E-state index is 12.5. The third-order valence-electron chi connectivity index (χ3n) is 3.10. The molecule has 0 saturated heterocycles. The van der Waals surface area contributed by atoms with Crippen LogP contribution in [-0.2, 0) is 6.54 Å². The molecule has 0 saturated carbocycles. The average molecular weight is 307 g/mol. The van der Waals surface area contributed by atoms with E-state index < -0.39 is 0 Å². The number of benzene rings is 1. The first-order chi connectivity index (χ1) is 10.1. The molecule has 0 bridgehead atoms. The third-order valence-corrected chi connectivity index (χ3v) is 3.31. The Morgan fingerprint density at radius 3 is 2.38 bits per heavy atom. The summed E-state index contributed by atoms with van der Waals surface area (Å²) >= 11 is 5.75. The first-order valence-electron chi connectivity index (χ1n) is 6.79. The molecule has 112 valence electrons. The second-order valence-corrected chi connectivity index (χ2v) is 5.49. The minimum absolute atomic E-state index is 0.146. The van der Waals surface area contributed by atoms with Crippen molar-refractivity contribution in [3.63, 3.8) is 0 Å². The summed E-state index contributed by atoms with van der Waals surface area (Å²) in [5, 5.41) is 0.227. The van der Waals surface area contributed by atoms with Crippen molar-refractivity contribution in [3.05, 3.63) is 59.0 Å². The van der Waals surface area contributed by atoms with Gasteiger partial charge in [0.1, 0.15) is 0 Å². The van der Waals surface area contributed by atoms with E-state index in [0.29, 0.717) is 13.1 Å². The van der Waals surface area contributed by atoms with E-state index in [-0.39, 0.29) is 16.9 Å². The summed E-state index contributed by atoms with van der Waals surface area (Å²) in [7, 11) is 3.96. The standard InChI is InChI=1S/C16H19ClN2O2/c1-18(2)10-11-19(12-13-6-4-3-5-7-13)16(20)14-8-9-15(17)21-14/h3-9H,10-12H2,1-2H3. The molecule has 1 heterocycles. The second kappa shape index (κ2) is 7.29. The van der Waals surface area contributed by atoms with Crippen LogP contribution < -0.4 is 0 Å². The lowest BCUT2D eigenvalue weighted by molar-refractivity contribution is 0.0700. The van der Waals surface area contributed by atoms with E-state index in [1.54, 1.807) is 17.0 Å². The smallest absolute Gasteiger partial charge is 0.289 e. The lowest BCUT2D eigenvalue weighted by Crippen LogP contribution is -2.36. The van der Waals surface area contributed by atoms with Crippen molar-refractivity contribution in [2.45, 2.75) is 6.54 Å². The summed E-state index contributed by atoms with van der Waals surface area (Å²) in [6.45, 7) is 1.96. The van der Waals surface area contributed by atoms with E-state index in [4.69, 9.17) is 16.0 Å². The molecule has 2 aromatic rings. The normalized spacial score (nSPS) is 10.9. The van der Waals surface area contributed by atoms with Crippen LogP contribution in [0.5, 0.6) is 0 Å². The molecule has 0 atom stereocenters. The van der Waals surface area contributed by atoms with E-state index in [1.165, 1.54) is 0 Å². The van der Waals surface area contributed by atoms with Crippen molar-refractivity contribution in [1.82, 2.24) is 9.80 Å². The van der Waals surface area contributed by atoms with Gasteiger partial charge in [0, 0.05) is 19.6 Å². The lowest BCUT2D eigenvalue weighted by Gasteiger charge is -2.23. The first-order valence-corrected chi connectivity index (χ1v) is 7.17. The molecule has 0 spiro atoms. The molecule has 21 heavy (non-hydrogen) atoms. The SMILES string of the molecule is CN(C)CCN(Cc1ccccc1)C(=O)c1ccc(Cl)o1. The van der Waals surface area contributed by atoms with Gasteiger partial charge in [0.05, 0.1) is 0 Å². The van der Waals surface area contributed by atoms with Gasteiger partial charge in [-0.2, -0.15) is 0 Å². The van der Waals surface area contributed by atoms with E-state index in [9.17, 15) is 4.79 Å². The Labute approximate surface area is 129 Å². The van der Waals surface area contributed by atoms with Crippen LogP contribution in [0.3, 0.4) is 0 Å². The van der Waals surface area contributed by atoms with Gasteiger partial charge in [-0.25, -0.2) is 0 Å². The number of amides is 1. The highest BCUT2D eigenvalue weighted by Crippen LogP contribution is 2.16. The number of carbonyl (C=O) groups excluding carboxylic acids is 1. The average Bonchev–Trinajstić information content (AvgIpc) is 2.90. The van der Waals surface area contributed by atoms with Gasteiger partial charge < -0.3 is 14.2 Å². The molecule has 0 aliphatic rings. The number of halogens is 1. The minimum atomic E-state index is -0.146. The Morgan fingerprint density at radius 2 is 1.81 bits per heavy atom. The van der Waals surface area contributed by atoms with Crippen LogP contribution in [0.1, 0.15) is 16.1 Å². The largest absolute Gasteiger partial charge is 0.440 e. The first kappa shape index (κ1) is 15.6. The van der Waals surface area contributed by atoms with Crippen molar-refractivity contribution >= 4 is 17.5 Å². The number of likely N-dealkylation sites (N-methyl/N-ethyl adjacent to an activating group) is 1. The molecule has 0 aliphatic heterocycles. The topological polar surface area (TPSA) is 36.7 Å². The summed E-state index contributed by atoms with van der Waals surface area (Å²) in [5.41, 5.74) is 1.09. The molecular weight excluding hydrogens is 288 g/mol. The molecule has 0 unspecified atom stereocenters. The summed E-state index contributed by atoms with van der Waals surface area (Å²) < 4.78 is 5.23. The van der Waals surface area contributed by atoms with E-state index in [1.807, 2.05) is 49.3 Å². The van der Waals surface area contributed by atoms with Gasteiger partial charge in [0.2, 0.25) is 0 Å². The predicted molar refractivity (Wildman–Crippen MR) is 83.5 cm³/mol. The van der Waals surface area contributed by atoms with E-state index >= 15 is 0 Å². The molecule has 1 amide bonds. The zero-order valence-electron chi connectivity index (χ0n) is 12.3. The highest BCUT2D eigenvalue weighted by atomic mass is 35.5. The van der Waals surface area contributed by atoms with Gasteiger partial charge in [0.15, 0.2) is 11.0 Å². The van der Waals surface area contributed by atoms with Crippen LogP contribution in [0.15, 0.2) is 46.9 Å². The molecule has 1 aromatic carbocycles. The molecule has 0 aliphatic carbocycles. The van der Waals surface area contributed by atoms with Crippen LogP contribution in [-0.4, -0.2) is 42.9 Å². The predicted octanol–water partition coefficient (Wildman–Crippen LogP) is 3.14. The molecule has 0 radical (unpaired) electrons. The van der Waals surface area contributed by atoms with Crippen LogP contribution in [0.4, 0.5) is 0 Å². The molecular formula is C16H19ClN2O2. The van der Waals surface area contributed by atoms with Gasteiger partial charge in [-0.3, -0.25) is 4.79 Å². The van der Waals surface area contributed by atoms with Crippen LogP contribution in [0.2, 0.25) is 5.22 Å². The maximum atomic E-state index is 12.5. The fraction of sp³-hybridized carbons (Fsp3) is 0.312. The Hall–Kier alpha value is -1.78. The van der Waals surface area contributed by atoms with Crippen molar-refractivity contribution in [2.24, 2.45) is 0 Å². The summed E-state index contributed by atoms with van der Waals surface area (Å²) in [4.78, 5) is 16.3. The Bertz CT molecular complexity index is 581. The molecule has 1 aromatic heterocycles. The number of rotatable bonds is 6. The fourth-order valence-electron chi connectivity index (χ4n) is 1.96. The number of nitrogens with zero attached hydrogens (tertiary/aromatic N) is 2. The van der Waals surface area contributed by atoms with Crippen molar-refractivity contribution in [1.29, 1.82) is 0 Å². The number of furan rings is 1. The Kier molecular flexibility index (Phi) is 5.42. The molecule has 0 fully saturated rings. The highest BCUT2D eigenvalue weighted by molar-refractivity contribution is 6.29. The summed E-state index contributed by atoms with van der Waals surface area (Å²) in [5.74, 6) is 0.127. The van der Waals surface area contributed by atoms with Crippen molar-refractivity contribution in [2.75, 3.05) is 27.2 Å². The Balaban J connectivity index is 2.13. The van der Waals surface area contributed by atoms with Crippen LogP contribution >= 0.6 is 11.6 Å². The van der Waals surface area contributed by atoms with Gasteiger partial charge in [0.25, 0.3) is 5.91 Å². The van der Waals surface area contributed by atoms with Crippen molar-refractivity contribution in [3.8, 4) is 0 Å². The quantitative estimate of drug-likeness (QED) is 0.822. The Morgan fingerprint density at radius 1 is 1.10 bits per heavy atom. The fourth-order valence-corrected chi connectivity index (χ4v) is 2.11. The van der Waals surface area contributed by atoms with Crippen molar-refractivity contribution < 1.29 is 9.21 Å².